The van der Waals surface area contributed by atoms with Gasteiger partial charge in [0.05, 0.1) is 0 Å². The number of aryl methyl sites for hydroxylation is 1. The summed E-state index contributed by atoms with van der Waals surface area (Å²) >= 11 is 0. The molecule has 1 unspecified atom stereocenters. The van der Waals surface area contributed by atoms with Gasteiger partial charge in [0.1, 0.15) is 0 Å². The molecule has 0 heterocycles. The molecule has 1 fully saturated rings. The number of nitrogens with two attached hydrogens (primary N) is 1. The van der Waals surface area contributed by atoms with Gasteiger partial charge < -0.3 is 0 Å². The molecule has 0 aliphatic heterocycles. The van der Waals surface area contributed by atoms with E-state index in [2.05, 4.69) is 36.6 Å². The van der Waals surface area contributed by atoms with E-state index in [4.69, 9.17) is 5.84 Å². The van der Waals surface area contributed by atoms with Gasteiger partial charge in [-0.25, -0.2) is 0 Å². The molecule has 0 aromatic heterocycles. The Hall–Kier alpha value is -0.860. The number of hydrogen-bond donors (Lipinski definition) is 2. The van der Waals surface area contributed by atoms with Crippen LogP contribution in [0.4, 0.5) is 0 Å². The summed E-state index contributed by atoms with van der Waals surface area (Å²) < 4.78 is 0. The van der Waals surface area contributed by atoms with Crippen molar-refractivity contribution >= 4 is 0 Å². The maximum Gasteiger partial charge on any atom is 0.0279 e. The predicted molar refractivity (Wildman–Crippen MR) is 63.3 cm³/mol. The van der Waals surface area contributed by atoms with Crippen LogP contribution in [-0.2, 0) is 6.42 Å². The van der Waals surface area contributed by atoms with Crippen LogP contribution in [0.25, 0.3) is 0 Å². The molecule has 0 spiro atoms. The molecule has 15 heavy (non-hydrogen) atoms. The maximum atomic E-state index is 5.61. The van der Waals surface area contributed by atoms with Crippen LogP contribution in [0.5, 0.6) is 0 Å². The first-order valence-electron chi connectivity index (χ1n) is 5.81. The van der Waals surface area contributed by atoms with Crippen molar-refractivity contribution in [1.82, 2.24) is 5.43 Å². The quantitative estimate of drug-likeness (QED) is 0.582. The first kappa shape index (κ1) is 10.7. The highest BCUT2D eigenvalue weighted by atomic mass is 15.2. The molecule has 1 saturated carbocycles. The molecule has 0 saturated heterocycles. The van der Waals surface area contributed by atoms with E-state index in [1.54, 1.807) is 0 Å². The highest BCUT2D eigenvalue weighted by Gasteiger charge is 2.26. The predicted octanol–water partition coefficient (Wildman–Crippen LogP) is 2.17. The SMILES string of the molecule is Cc1ccc(CC(NN)C2CCC2)cc1. The molecule has 2 nitrogen and oxygen atoms in total. The Morgan fingerprint density at radius 2 is 2.00 bits per heavy atom. The van der Waals surface area contributed by atoms with Crippen LogP contribution in [0.2, 0.25) is 0 Å². The van der Waals surface area contributed by atoms with Crippen molar-refractivity contribution in [3.8, 4) is 0 Å². The summed E-state index contributed by atoms with van der Waals surface area (Å²) in [4.78, 5) is 0. The van der Waals surface area contributed by atoms with Gasteiger partial charge in [-0.05, 0) is 37.7 Å². The summed E-state index contributed by atoms with van der Waals surface area (Å²) in [6.45, 7) is 2.12. The van der Waals surface area contributed by atoms with Crippen LogP contribution in [-0.4, -0.2) is 6.04 Å². The van der Waals surface area contributed by atoms with Crippen molar-refractivity contribution in [1.29, 1.82) is 0 Å². The van der Waals surface area contributed by atoms with E-state index >= 15 is 0 Å². The lowest BCUT2D eigenvalue weighted by Crippen LogP contribution is -2.44. The maximum absolute atomic E-state index is 5.61. The lowest BCUT2D eigenvalue weighted by atomic mass is 9.78. The highest BCUT2D eigenvalue weighted by molar-refractivity contribution is 5.22. The third-order valence-electron chi connectivity index (χ3n) is 3.51. The van der Waals surface area contributed by atoms with Gasteiger partial charge in [-0.2, -0.15) is 0 Å². The van der Waals surface area contributed by atoms with Crippen LogP contribution in [0, 0.1) is 12.8 Å². The summed E-state index contributed by atoms with van der Waals surface area (Å²) in [6, 6.07) is 9.21. The molecule has 2 heteroatoms. The monoisotopic (exact) mass is 204 g/mol. The van der Waals surface area contributed by atoms with Crippen LogP contribution in [0.15, 0.2) is 24.3 Å². The fraction of sp³-hybridized carbons (Fsp3) is 0.538. The van der Waals surface area contributed by atoms with Crippen molar-refractivity contribution in [3.63, 3.8) is 0 Å². The van der Waals surface area contributed by atoms with Gasteiger partial charge in [0, 0.05) is 6.04 Å². The fourth-order valence-electron chi connectivity index (χ4n) is 2.18. The Morgan fingerprint density at radius 1 is 1.33 bits per heavy atom. The van der Waals surface area contributed by atoms with Crippen LogP contribution < -0.4 is 11.3 Å². The lowest BCUT2D eigenvalue weighted by Gasteiger charge is -2.33. The average Bonchev–Trinajstić information content (AvgIpc) is 2.17. The molecule has 0 radical (unpaired) electrons. The number of nitrogens with one attached hydrogen (secondary N) is 1. The summed E-state index contributed by atoms with van der Waals surface area (Å²) in [5.74, 6) is 6.40. The molecule has 2 rings (SSSR count). The Bertz CT molecular complexity index is 301. The molecule has 1 aromatic rings. The van der Waals surface area contributed by atoms with Crippen LogP contribution in [0.3, 0.4) is 0 Å². The lowest BCUT2D eigenvalue weighted by molar-refractivity contribution is 0.228. The van der Waals surface area contributed by atoms with E-state index in [0.29, 0.717) is 6.04 Å². The Kier molecular flexibility index (Phi) is 3.39. The van der Waals surface area contributed by atoms with E-state index in [1.807, 2.05) is 0 Å². The molecule has 1 aliphatic rings. The number of hydrogen-bond acceptors (Lipinski definition) is 2. The van der Waals surface area contributed by atoms with Crippen LogP contribution >= 0.6 is 0 Å². The average molecular weight is 204 g/mol. The zero-order valence-electron chi connectivity index (χ0n) is 9.37. The second-order valence-electron chi connectivity index (χ2n) is 4.65. The normalized spacial score (nSPS) is 18.5. The largest absolute Gasteiger partial charge is 0.271 e. The second-order valence-corrected chi connectivity index (χ2v) is 4.65. The molecule has 1 aliphatic carbocycles. The zero-order valence-corrected chi connectivity index (χ0v) is 9.37. The highest BCUT2D eigenvalue weighted by Crippen LogP contribution is 2.30. The minimum atomic E-state index is 0.460. The molecule has 3 N–H and O–H groups in total. The van der Waals surface area contributed by atoms with E-state index < -0.39 is 0 Å². The Morgan fingerprint density at radius 3 is 2.47 bits per heavy atom. The number of hydrazine groups is 1. The zero-order chi connectivity index (χ0) is 10.7. The minimum Gasteiger partial charge on any atom is -0.271 e. The minimum absolute atomic E-state index is 0.460. The van der Waals surface area contributed by atoms with E-state index in [1.165, 1.54) is 30.4 Å². The van der Waals surface area contributed by atoms with Gasteiger partial charge in [0.25, 0.3) is 0 Å². The number of rotatable bonds is 4. The summed E-state index contributed by atoms with van der Waals surface area (Å²) in [6.07, 6.45) is 5.10. The number of benzene rings is 1. The van der Waals surface area contributed by atoms with Crippen molar-refractivity contribution in [3.05, 3.63) is 35.4 Å². The summed E-state index contributed by atoms with van der Waals surface area (Å²) in [5.41, 5.74) is 5.67. The van der Waals surface area contributed by atoms with Crippen molar-refractivity contribution in [2.75, 3.05) is 0 Å². The van der Waals surface area contributed by atoms with Gasteiger partial charge in [-0.1, -0.05) is 36.2 Å². The van der Waals surface area contributed by atoms with Crippen LogP contribution in [0.1, 0.15) is 30.4 Å². The molecular formula is C13H20N2. The summed E-state index contributed by atoms with van der Waals surface area (Å²) in [7, 11) is 0. The van der Waals surface area contributed by atoms with Crippen molar-refractivity contribution in [2.24, 2.45) is 11.8 Å². The molecular weight excluding hydrogens is 184 g/mol. The standard InChI is InChI=1S/C13H20N2/c1-10-5-7-11(8-6-10)9-13(15-14)12-3-2-4-12/h5-8,12-13,15H,2-4,9,14H2,1H3. The Balaban J connectivity index is 1.96. The summed E-state index contributed by atoms with van der Waals surface area (Å²) in [5, 5.41) is 0. The first-order valence-corrected chi connectivity index (χ1v) is 5.81. The molecule has 0 amide bonds. The van der Waals surface area contributed by atoms with Gasteiger partial charge in [-0.15, -0.1) is 0 Å². The second kappa shape index (κ2) is 4.77. The van der Waals surface area contributed by atoms with Crippen molar-refractivity contribution in [2.45, 2.75) is 38.6 Å². The molecule has 1 atom stereocenters. The molecule has 0 bridgehead atoms. The smallest absolute Gasteiger partial charge is 0.0279 e. The molecule has 82 valence electrons. The Labute approximate surface area is 91.8 Å². The van der Waals surface area contributed by atoms with Gasteiger partial charge >= 0.3 is 0 Å². The van der Waals surface area contributed by atoms with E-state index in [0.717, 1.165) is 12.3 Å². The van der Waals surface area contributed by atoms with Gasteiger partial charge in [-0.3, -0.25) is 11.3 Å². The van der Waals surface area contributed by atoms with E-state index in [9.17, 15) is 0 Å². The fourth-order valence-corrected chi connectivity index (χ4v) is 2.18. The van der Waals surface area contributed by atoms with Gasteiger partial charge in [0.15, 0.2) is 0 Å². The van der Waals surface area contributed by atoms with E-state index in [-0.39, 0.29) is 0 Å². The topological polar surface area (TPSA) is 38.0 Å². The van der Waals surface area contributed by atoms with Crippen molar-refractivity contribution < 1.29 is 0 Å². The molecule has 1 aromatic carbocycles. The first-order chi connectivity index (χ1) is 7.29. The third-order valence-corrected chi connectivity index (χ3v) is 3.51. The third kappa shape index (κ3) is 2.58. The van der Waals surface area contributed by atoms with Gasteiger partial charge in [0.2, 0.25) is 0 Å².